The summed E-state index contributed by atoms with van der Waals surface area (Å²) in [7, 11) is 0. The summed E-state index contributed by atoms with van der Waals surface area (Å²) in [6.07, 6.45) is 5.60. The molecule has 0 aliphatic heterocycles. The smallest absolute Gasteiger partial charge is 0.0595 e. The zero-order chi connectivity index (χ0) is 12.4. The van der Waals surface area contributed by atoms with Crippen LogP contribution >= 0.6 is 15.9 Å². The topological polar surface area (TPSA) is 24.9 Å². The van der Waals surface area contributed by atoms with E-state index in [0.717, 1.165) is 16.7 Å². The van der Waals surface area contributed by atoms with Gasteiger partial charge in [0.15, 0.2) is 0 Å². The van der Waals surface area contributed by atoms with Crippen LogP contribution in [0.2, 0.25) is 0 Å². The lowest BCUT2D eigenvalue weighted by Gasteiger charge is -2.08. The van der Waals surface area contributed by atoms with E-state index in [1.54, 1.807) is 0 Å². The largest absolute Gasteiger partial charge is 0.379 e. The van der Waals surface area contributed by atoms with Crippen molar-refractivity contribution in [1.82, 2.24) is 4.98 Å². The molecule has 0 atom stereocenters. The van der Waals surface area contributed by atoms with Crippen molar-refractivity contribution in [2.24, 2.45) is 0 Å². The number of nitrogens with one attached hydrogen (secondary N) is 1. The summed E-state index contributed by atoms with van der Waals surface area (Å²) in [6, 6.07) is 10.8. The zero-order valence-electron chi connectivity index (χ0n) is 10.1. The lowest BCUT2D eigenvalue weighted by molar-refractivity contribution is 0.911. The summed E-state index contributed by atoms with van der Waals surface area (Å²) in [6.45, 7) is 0.770. The molecule has 18 heavy (non-hydrogen) atoms. The first-order valence-corrected chi connectivity index (χ1v) is 7.07. The average Bonchev–Trinajstić information content (AvgIpc) is 2.85. The third-order valence-corrected chi connectivity index (χ3v) is 3.83. The average molecular weight is 303 g/mol. The van der Waals surface area contributed by atoms with Crippen molar-refractivity contribution >= 4 is 21.6 Å². The number of fused-ring (bicyclic) bond motifs is 1. The Morgan fingerprint density at radius 3 is 2.83 bits per heavy atom. The van der Waals surface area contributed by atoms with E-state index in [1.165, 1.54) is 36.1 Å². The van der Waals surface area contributed by atoms with E-state index in [1.807, 2.05) is 18.3 Å². The van der Waals surface area contributed by atoms with E-state index in [0.29, 0.717) is 0 Å². The molecule has 3 heteroatoms. The van der Waals surface area contributed by atoms with Gasteiger partial charge in [-0.1, -0.05) is 6.07 Å². The maximum Gasteiger partial charge on any atom is 0.0595 e. The molecule has 0 bridgehead atoms. The molecule has 0 unspecified atom stereocenters. The molecular weight excluding hydrogens is 288 g/mol. The van der Waals surface area contributed by atoms with Gasteiger partial charge in [-0.05, 0) is 70.6 Å². The Bertz CT molecular complexity index is 549. The van der Waals surface area contributed by atoms with Crippen LogP contribution in [-0.2, 0) is 19.4 Å². The van der Waals surface area contributed by atoms with Gasteiger partial charge in [0, 0.05) is 16.4 Å². The monoisotopic (exact) mass is 302 g/mol. The fourth-order valence-electron chi connectivity index (χ4n) is 2.39. The fraction of sp³-hybridized carbons (Fsp3) is 0.267. The Labute approximate surface area is 116 Å². The molecule has 0 saturated carbocycles. The van der Waals surface area contributed by atoms with Crippen molar-refractivity contribution in [3.05, 3.63) is 57.8 Å². The molecule has 1 heterocycles. The van der Waals surface area contributed by atoms with Crippen molar-refractivity contribution in [1.29, 1.82) is 0 Å². The van der Waals surface area contributed by atoms with Crippen molar-refractivity contribution in [2.75, 3.05) is 5.32 Å². The second-order valence-electron chi connectivity index (χ2n) is 4.66. The predicted octanol–water partition coefficient (Wildman–Crippen LogP) is 3.94. The van der Waals surface area contributed by atoms with Crippen LogP contribution in [0.5, 0.6) is 0 Å². The summed E-state index contributed by atoms with van der Waals surface area (Å²) < 4.78 is 1.02. The molecule has 1 N–H and O–H groups in total. The number of anilines is 1. The number of aromatic nitrogens is 1. The number of benzene rings is 1. The van der Waals surface area contributed by atoms with Gasteiger partial charge in [0.25, 0.3) is 0 Å². The van der Waals surface area contributed by atoms with Gasteiger partial charge >= 0.3 is 0 Å². The number of halogens is 1. The Hall–Kier alpha value is -1.35. The van der Waals surface area contributed by atoms with E-state index in [9.17, 15) is 0 Å². The molecule has 0 amide bonds. The maximum absolute atomic E-state index is 4.36. The number of nitrogens with zero attached hydrogens (tertiary/aromatic N) is 1. The molecule has 0 spiro atoms. The summed E-state index contributed by atoms with van der Waals surface area (Å²) in [5.41, 5.74) is 5.27. The SMILES string of the molecule is Brc1ccc(CNc2ccc3c(c2)CCC3)nc1. The van der Waals surface area contributed by atoms with Gasteiger partial charge in [-0.25, -0.2) is 0 Å². The highest BCUT2D eigenvalue weighted by molar-refractivity contribution is 9.10. The van der Waals surface area contributed by atoms with E-state index < -0.39 is 0 Å². The van der Waals surface area contributed by atoms with Gasteiger partial charge in [-0.3, -0.25) is 4.98 Å². The third-order valence-electron chi connectivity index (χ3n) is 3.36. The van der Waals surface area contributed by atoms with E-state index >= 15 is 0 Å². The standard InChI is InChI=1S/C15H15BrN2/c16-13-5-7-15(17-9-13)10-18-14-6-4-11-2-1-3-12(11)8-14/h4-9,18H,1-3,10H2. The number of rotatable bonds is 3. The second kappa shape index (κ2) is 5.11. The number of aryl methyl sites for hydroxylation is 2. The highest BCUT2D eigenvalue weighted by Crippen LogP contribution is 2.25. The van der Waals surface area contributed by atoms with Crippen molar-refractivity contribution in [3.63, 3.8) is 0 Å². The normalized spacial score (nSPS) is 13.4. The minimum absolute atomic E-state index is 0.770. The Morgan fingerprint density at radius 1 is 1.11 bits per heavy atom. The lowest BCUT2D eigenvalue weighted by atomic mass is 10.1. The summed E-state index contributed by atoms with van der Waals surface area (Å²) in [5.74, 6) is 0. The number of pyridine rings is 1. The Kier molecular flexibility index (Phi) is 3.33. The molecule has 0 radical (unpaired) electrons. The van der Waals surface area contributed by atoms with Crippen LogP contribution < -0.4 is 5.32 Å². The van der Waals surface area contributed by atoms with Crippen LogP contribution in [0.15, 0.2) is 41.0 Å². The molecule has 2 nitrogen and oxygen atoms in total. The summed E-state index contributed by atoms with van der Waals surface area (Å²) in [4.78, 5) is 4.36. The van der Waals surface area contributed by atoms with Crippen molar-refractivity contribution in [2.45, 2.75) is 25.8 Å². The van der Waals surface area contributed by atoms with E-state index in [-0.39, 0.29) is 0 Å². The highest BCUT2D eigenvalue weighted by Gasteiger charge is 2.10. The molecule has 1 aromatic heterocycles. The van der Waals surface area contributed by atoms with Gasteiger partial charge in [0.05, 0.1) is 12.2 Å². The number of hydrogen-bond acceptors (Lipinski definition) is 2. The fourth-order valence-corrected chi connectivity index (χ4v) is 2.62. The van der Waals surface area contributed by atoms with Crippen LogP contribution in [-0.4, -0.2) is 4.98 Å². The molecule has 3 rings (SSSR count). The summed E-state index contributed by atoms with van der Waals surface area (Å²) >= 11 is 3.39. The van der Waals surface area contributed by atoms with Gasteiger partial charge in [-0.2, -0.15) is 0 Å². The van der Waals surface area contributed by atoms with Crippen LogP contribution in [0.4, 0.5) is 5.69 Å². The van der Waals surface area contributed by atoms with Crippen molar-refractivity contribution < 1.29 is 0 Å². The Morgan fingerprint density at radius 2 is 2.00 bits per heavy atom. The van der Waals surface area contributed by atoms with Crippen molar-refractivity contribution in [3.8, 4) is 0 Å². The molecule has 1 aromatic carbocycles. The minimum atomic E-state index is 0.770. The van der Waals surface area contributed by atoms with Gasteiger partial charge in [0.1, 0.15) is 0 Å². The van der Waals surface area contributed by atoms with E-state index in [4.69, 9.17) is 0 Å². The van der Waals surface area contributed by atoms with Crippen LogP contribution in [0.3, 0.4) is 0 Å². The van der Waals surface area contributed by atoms with Crippen LogP contribution in [0.25, 0.3) is 0 Å². The first kappa shape index (κ1) is 11.7. The first-order valence-electron chi connectivity index (χ1n) is 6.27. The highest BCUT2D eigenvalue weighted by atomic mass is 79.9. The molecular formula is C15H15BrN2. The third kappa shape index (κ3) is 2.56. The number of hydrogen-bond donors (Lipinski definition) is 1. The molecule has 92 valence electrons. The molecule has 1 aliphatic rings. The van der Waals surface area contributed by atoms with E-state index in [2.05, 4.69) is 44.4 Å². The predicted molar refractivity (Wildman–Crippen MR) is 77.7 cm³/mol. The van der Waals surface area contributed by atoms with Crippen LogP contribution in [0.1, 0.15) is 23.2 Å². The quantitative estimate of drug-likeness (QED) is 0.929. The molecule has 0 saturated heterocycles. The Balaban J connectivity index is 1.68. The minimum Gasteiger partial charge on any atom is -0.379 e. The second-order valence-corrected chi connectivity index (χ2v) is 5.57. The van der Waals surface area contributed by atoms with Gasteiger partial charge < -0.3 is 5.32 Å². The molecule has 1 aliphatic carbocycles. The van der Waals surface area contributed by atoms with Gasteiger partial charge in [-0.15, -0.1) is 0 Å². The maximum atomic E-state index is 4.36. The lowest BCUT2D eigenvalue weighted by Crippen LogP contribution is -2.01. The zero-order valence-corrected chi connectivity index (χ0v) is 11.7. The van der Waals surface area contributed by atoms with Gasteiger partial charge in [0.2, 0.25) is 0 Å². The molecule has 2 aromatic rings. The molecule has 0 fully saturated rings. The first-order chi connectivity index (χ1) is 8.81. The van der Waals surface area contributed by atoms with Crippen LogP contribution in [0, 0.1) is 0 Å². The summed E-state index contributed by atoms with van der Waals surface area (Å²) in [5, 5.41) is 3.43.